The fourth-order valence-corrected chi connectivity index (χ4v) is 5.17. The lowest BCUT2D eigenvalue weighted by molar-refractivity contribution is -0.123. The molecule has 0 aromatic heterocycles. The first-order chi connectivity index (χ1) is 16.3. The SMILES string of the molecule is COc1ccc(/C=C2\SC(=O)N(Cc3cccc(C)c3)C2=O)cc1OS(=O)(=O)c1ccccc1. The Hall–Kier alpha value is -3.56. The third-order valence-electron chi connectivity index (χ3n) is 5.01. The third-order valence-corrected chi connectivity index (χ3v) is 7.17. The van der Waals surface area contributed by atoms with Crippen LogP contribution in [0.4, 0.5) is 4.79 Å². The Labute approximate surface area is 202 Å². The summed E-state index contributed by atoms with van der Waals surface area (Å²) in [6, 6.07) is 20.0. The summed E-state index contributed by atoms with van der Waals surface area (Å²) in [6.07, 6.45) is 1.53. The van der Waals surface area contributed by atoms with E-state index in [9.17, 15) is 18.0 Å². The Balaban J connectivity index is 1.59. The molecule has 3 aromatic rings. The van der Waals surface area contributed by atoms with Crippen molar-refractivity contribution in [3.63, 3.8) is 0 Å². The van der Waals surface area contributed by atoms with Crippen molar-refractivity contribution in [2.75, 3.05) is 7.11 Å². The normalized spacial score (nSPS) is 15.1. The van der Waals surface area contributed by atoms with Gasteiger partial charge < -0.3 is 8.92 Å². The molecule has 2 amide bonds. The minimum atomic E-state index is -4.09. The van der Waals surface area contributed by atoms with Crippen LogP contribution < -0.4 is 8.92 Å². The first kappa shape index (κ1) is 23.6. The van der Waals surface area contributed by atoms with Crippen LogP contribution in [0.5, 0.6) is 11.5 Å². The van der Waals surface area contributed by atoms with Gasteiger partial charge in [-0.3, -0.25) is 14.5 Å². The van der Waals surface area contributed by atoms with E-state index >= 15 is 0 Å². The van der Waals surface area contributed by atoms with E-state index in [4.69, 9.17) is 8.92 Å². The number of benzene rings is 3. The summed E-state index contributed by atoms with van der Waals surface area (Å²) in [6.45, 7) is 2.12. The smallest absolute Gasteiger partial charge is 0.339 e. The van der Waals surface area contributed by atoms with Crippen LogP contribution in [-0.2, 0) is 21.5 Å². The predicted octanol–water partition coefficient (Wildman–Crippen LogP) is 5.01. The summed E-state index contributed by atoms with van der Waals surface area (Å²) in [5, 5.41) is -0.366. The molecule has 0 atom stereocenters. The lowest BCUT2D eigenvalue weighted by Gasteiger charge is -2.13. The molecule has 0 saturated carbocycles. The maximum atomic E-state index is 12.9. The van der Waals surface area contributed by atoms with Gasteiger partial charge in [-0.25, -0.2) is 0 Å². The summed E-state index contributed by atoms with van der Waals surface area (Å²) in [7, 11) is -2.70. The quantitative estimate of drug-likeness (QED) is 0.336. The van der Waals surface area contributed by atoms with Crippen molar-refractivity contribution in [3.05, 3.63) is 94.4 Å². The van der Waals surface area contributed by atoms with Crippen LogP contribution in [-0.4, -0.2) is 31.6 Å². The number of carbonyl (C=O) groups excluding carboxylic acids is 2. The Bertz CT molecular complexity index is 1380. The van der Waals surface area contributed by atoms with E-state index in [0.717, 1.165) is 22.9 Å². The van der Waals surface area contributed by atoms with Gasteiger partial charge >= 0.3 is 10.1 Å². The second kappa shape index (κ2) is 9.74. The van der Waals surface area contributed by atoms with E-state index in [1.807, 2.05) is 31.2 Å². The molecule has 0 N–H and O–H groups in total. The molecule has 1 aliphatic heterocycles. The average Bonchev–Trinajstić information content (AvgIpc) is 3.07. The van der Waals surface area contributed by atoms with Gasteiger partial charge in [-0.15, -0.1) is 0 Å². The molecule has 1 fully saturated rings. The van der Waals surface area contributed by atoms with Gasteiger partial charge in [-0.2, -0.15) is 8.42 Å². The van der Waals surface area contributed by atoms with Gasteiger partial charge in [0.2, 0.25) is 0 Å². The van der Waals surface area contributed by atoms with Crippen molar-refractivity contribution in [1.29, 1.82) is 0 Å². The molecule has 0 aliphatic carbocycles. The zero-order chi connectivity index (χ0) is 24.3. The monoisotopic (exact) mass is 495 g/mol. The van der Waals surface area contributed by atoms with Crippen LogP contribution >= 0.6 is 11.8 Å². The zero-order valence-electron chi connectivity index (χ0n) is 18.4. The standard InChI is InChI=1S/C25H21NO6S2/c1-17-7-6-8-19(13-17)16-26-24(27)23(33-25(26)28)15-18-11-12-21(31-2)22(14-18)32-34(29,30)20-9-4-3-5-10-20/h3-15H,16H2,1-2H3/b23-15-. The molecule has 3 aromatic carbocycles. The molecule has 0 bridgehead atoms. The predicted molar refractivity (Wildman–Crippen MR) is 130 cm³/mol. The van der Waals surface area contributed by atoms with Crippen LogP contribution in [0.3, 0.4) is 0 Å². The van der Waals surface area contributed by atoms with Gasteiger partial charge in [-0.05, 0) is 60.2 Å². The number of carbonyl (C=O) groups is 2. The minimum absolute atomic E-state index is 0.000255. The number of ether oxygens (including phenoxy) is 1. The minimum Gasteiger partial charge on any atom is -0.493 e. The highest BCUT2D eigenvalue weighted by Crippen LogP contribution is 2.36. The number of hydrogen-bond donors (Lipinski definition) is 0. The van der Waals surface area contributed by atoms with E-state index in [2.05, 4.69) is 0 Å². The second-order valence-electron chi connectivity index (χ2n) is 7.52. The molecule has 4 rings (SSSR count). The molecular weight excluding hydrogens is 474 g/mol. The fourth-order valence-electron chi connectivity index (χ4n) is 3.38. The van der Waals surface area contributed by atoms with Gasteiger partial charge in [-0.1, -0.05) is 54.1 Å². The number of methoxy groups -OCH3 is 1. The fraction of sp³-hybridized carbons (Fsp3) is 0.120. The van der Waals surface area contributed by atoms with Gasteiger partial charge in [0.1, 0.15) is 4.90 Å². The Kier molecular flexibility index (Phi) is 6.76. The molecule has 9 heteroatoms. The third kappa shape index (κ3) is 5.16. The van der Waals surface area contributed by atoms with Crippen LogP contribution in [0.1, 0.15) is 16.7 Å². The summed E-state index contributed by atoms with van der Waals surface area (Å²) in [5.74, 6) is -0.227. The molecule has 1 heterocycles. The van der Waals surface area contributed by atoms with Crippen molar-refractivity contribution in [3.8, 4) is 11.5 Å². The Morgan fingerprint density at radius 3 is 2.41 bits per heavy atom. The first-order valence-corrected chi connectivity index (χ1v) is 12.5. The number of amides is 2. The Morgan fingerprint density at radius 2 is 1.71 bits per heavy atom. The molecule has 0 radical (unpaired) electrons. The highest BCUT2D eigenvalue weighted by atomic mass is 32.2. The summed E-state index contributed by atoms with van der Waals surface area (Å²) < 4.78 is 35.9. The van der Waals surface area contributed by atoms with Gasteiger partial charge in [0.25, 0.3) is 11.1 Å². The van der Waals surface area contributed by atoms with E-state index in [-0.39, 0.29) is 33.1 Å². The molecule has 1 aliphatic rings. The van der Waals surface area contributed by atoms with E-state index in [1.54, 1.807) is 30.3 Å². The average molecular weight is 496 g/mol. The van der Waals surface area contributed by atoms with E-state index in [0.29, 0.717) is 5.56 Å². The van der Waals surface area contributed by atoms with Crippen molar-refractivity contribution >= 4 is 39.1 Å². The zero-order valence-corrected chi connectivity index (χ0v) is 20.1. The van der Waals surface area contributed by atoms with Crippen LogP contribution in [0.2, 0.25) is 0 Å². The van der Waals surface area contributed by atoms with E-state index in [1.165, 1.54) is 36.3 Å². The Morgan fingerprint density at radius 1 is 0.941 bits per heavy atom. The molecule has 1 saturated heterocycles. The number of imide groups is 1. The topological polar surface area (TPSA) is 90.0 Å². The van der Waals surface area contributed by atoms with Gasteiger partial charge in [0, 0.05) is 0 Å². The maximum absolute atomic E-state index is 12.9. The largest absolute Gasteiger partial charge is 0.493 e. The molecule has 174 valence electrons. The van der Waals surface area contributed by atoms with Crippen molar-refractivity contribution < 1.29 is 26.9 Å². The van der Waals surface area contributed by atoms with Gasteiger partial charge in [0.05, 0.1) is 18.6 Å². The highest BCUT2D eigenvalue weighted by Gasteiger charge is 2.35. The number of hydrogen-bond acceptors (Lipinski definition) is 7. The number of nitrogens with zero attached hydrogens (tertiary/aromatic N) is 1. The lowest BCUT2D eigenvalue weighted by Crippen LogP contribution is -2.27. The molecular formula is C25H21NO6S2. The number of rotatable bonds is 7. The van der Waals surface area contributed by atoms with Crippen LogP contribution in [0.15, 0.2) is 82.6 Å². The highest BCUT2D eigenvalue weighted by molar-refractivity contribution is 8.18. The van der Waals surface area contributed by atoms with Crippen molar-refractivity contribution in [2.45, 2.75) is 18.4 Å². The molecule has 7 nitrogen and oxygen atoms in total. The van der Waals surface area contributed by atoms with Crippen LogP contribution in [0, 0.1) is 6.92 Å². The summed E-state index contributed by atoms with van der Waals surface area (Å²) in [5.41, 5.74) is 2.38. The first-order valence-electron chi connectivity index (χ1n) is 10.3. The second-order valence-corrected chi connectivity index (χ2v) is 10.1. The lowest BCUT2D eigenvalue weighted by atomic mass is 10.1. The number of aryl methyl sites for hydroxylation is 1. The van der Waals surface area contributed by atoms with Crippen molar-refractivity contribution in [2.24, 2.45) is 0 Å². The number of thioether (sulfide) groups is 1. The summed E-state index contributed by atoms with van der Waals surface area (Å²) in [4.78, 5) is 26.8. The van der Waals surface area contributed by atoms with E-state index < -0.39 is 16.0 Å². The van der Waals surface area contributed by atoms with Crippen LogP contribution in [0.25, 0.3) is 6.08 Å². The molecule has 0 unspecified atom stereocenters. The molecule has 0 spiro atoms. The van der Waals surface area contributed by atoms with Crippen molar-refractivity contribution in [1.82, 2.24) is 4.90 Å². The molecule has 34 heavy (non-hydrogen) atoms. The van der Waals surface area contributed by atoms with Gasteiger partial charge in [0.15, 0.2) is 11.5 Å². The maximum Gasteiger partial charge on any atom is 0.339 e. The summed E-state index contributed by atoms with van der Waals surface area (Å²) >= 11 is 0.834.